The van der Waals surface area contributed by atoms with Crippen LogP contribution in [0.25, 0.3) is 0 Å². The van der Waals surface area contributed by atoms with Gasteiger partial charge in [0.15, 0.2) is 6.61 Å². The van der Waals surface area contributed by atoms with Crippen LogP contribution in [0.3, 0.4) is 0 Å². The Morgan fingerprint density at radius 1 is 1.00 bits per heavy atom. The lowest BCUT2D eigenvalue weighted by Crippen LogP contribution is -2.39. The summed E-state index contributed by atoms with van der Waals surface area (Å²) < 4.78 is 9.94. The van der Waals surface area contributed by atoms with Gasteiger partial charge in [-0.15, -0.1) is 0 Å². The molecule has 0 fully saturated rings. The minimum atomic E-state index is -0.676. The van der Waals surface area contributed by atoms with E-state index in [1.165, 1.54) is 17.0 Å². The molecule has 0 unspecified atom stereocenters. The molecule has 0 spiro atoms. The van der Waals surface area contributed by atoms with E-state index < -0.39 is 24.5 Å². The van der Waals surface area contributed by atoms with Crippen LogP contribution in [0.4, 0.5) is 5.69 Å². The first-order chi connectivity index (χ1) is 12.5. The van der Waals surface area contributed by atoms with Crippen molar-refractivity contribution in [3.05, 3.63) is 65.2 Å². The number of halogens is 1. The number of rotatable bonds is 7. The van der Waals surface area contributed by atoms with Crippen LogP contribution >= 0.6 is 11.6 Å². The SMILES string of the molecule is CCOC(=O)CN(C(=O)COC(=O)c1cccc(Cl)c1)c1ccccc1. The van der Waals surface area contributed by atoms with Crippen molar-refractivity contribution < 1.29 is 23.9 Å². The van der Waals surface area contributed by atoms with Gasteiger partial charge in [0.2, 0.25) is 0 Å². The van der Waals surface area contributed by atoms with Crippen LogP contribution in [0.15, 0.2) is 54.6 Å². The molecule has 0 aliphatic heterocycles. The summed E-state index contributed by atoms with van der Waals surface area (Å²) in [5.41, 5.74) is 0.742. The lowest BCUT2D eigenvalue weighted by atomic mass is 10.2. The zero-order chi connectivity index (χ0) is 18.9. The van der Waals surface area contributed by atoms with E-state index in [0.717, 1.165) is 0 Å². The maximum absolute atomic E-state index is 12.5. The molecule has 2 rings (SSSR count). The molecule has 0 saturated carbocycles. The highest BCUT2D eigenvalue weighted by Gasteiger charge is 2.21. The van der Waals surface area contributed by atoms with Gasteiger partial charge < -0.3 is 9.47 Å². The third-order valence-electron chi connectivity index (χ3n) is 3.35. The number of ether oxygens (including phenoxy) is 2. The van der Waals surface area contributed by atoms with Crippen molar-refractivity contribution in [2.45, 2.75) is 6.92 Å². The summed E-state index contributed by atoms with van der Waals surface area (Å²) in [6, 6.07) is 14.8. The normalized spacial score (nSPS) is 10.1. The third kappa shape index (κ3) is 5.60. The summed E-state index contributed by atoms with van der Waals surface area (Å²) >= 11 is 5.83. The zero-order valence-corrected chi connectivity index (χ0v) is 14.9. The summed E-state index contributed by atoms with van der Waals surface area (Å²) in [6.07, 6.45) is 0. The molecule has 0 radical (unpaired) electrons. The maximum atomic E-state index is 12.5. The van der Waals surface area contributed by atoms with E-state index in [1.54, 1.807) is 49.4 Å². The first kappa shape index (κ1) is 19.5. The van der Waals surface area contributed by atoms with Gasteiger partial charge in [-0.2, -0.15) is 0 Å². The Kier molecular flexibility index (Phi) is 7.17. The Balaban J connectivity index is 2.06. The van der Waals surface area contributed by atoms with Crippen LogP contribution in [0, 0.1) is 0 Å². The first-order valence-electron chi connectivity index (χ1n) is 7.95. The molecule has 6 nitrogen and oxygen atoms in total. The Hall–Kier alpha value is -2.86. The van der Waals surface area contributed by atoms with E-state index in [1.807, 2.05) is 0 Å². The Bertz CT molecular complexity index is 779. The van der Waals surface area contributed by atoms with Gasteiger partial charge in [0.1, 0.15) is 6.54 Å². The molecule has 2 aromatic rings. The van der Waals surface area contributed by atoms with Crippen LogP contribution < -0.4 is 4.90 Å². The Labute approximate surface area is 156 Å². The monoisotopic (exact) mass is 375 g/mol. The predicted molar refractivity (Wildman–Crippen MR) is 97.2 cm³/mol. The van der Waals surface area contributed by atoms with Crippen molar-refractivity contribution in [2.24, 2.45) is 0 Å². The molecular weight excluding hydrogens is 358 g/mol. The summed E-state index contributed by atoms with van der Waals surface area (Å²) in [5.74, 6) is -1.77. The summed E-state index contributed by atoms with van der Waals surface area (Å²) in [4.78, 5) is 37.5. The van der Waals surface area contributed by atoms with E-state index in [9.17, 15) is 14.4 Å². The van der Waals surface area contributed by atoms with Crippen LogP contribution in [0.1, 0.15) is 17.3 Å². The molecule has 0 N–H and O–H groups in total. The number of carbonyl (C=O) groups is 3. The number of hydrogen-bond acceptors (Lipinski definition) is 5. The van der Waals surface area contributed by atoms with Crippen molar-refractivity contribution in [1.29, 1.82) is 0 Å². The molecular formula is C19H18ClNO5. The van der Waals surface area contributed by atoms with Gasteiger partial charge >= 0.3 is 11.9 Å². The number of hydrogen-bond donors (Lipinski definition) is 0. The minimum absolute atomic E-state index is 0.208. The van der Waals surface area contributed by atoms with Crippen LogP contribution in [0.2, 0.25) is 5.02 Å². The van der Waals surface area contributed by atoms with Gasteiger partial charge in [0, 0.05) is 10.7 Å². The minimum Gasteiger partial charge on any atom is -0.465 e. The smallest absolute Gasteiger partial charge is 0.338 e. The molecule has 0 atom stereocenters. The standard InChI is InChI=1S/C19H18ClNO5/c1-2-25-18(23)12-21(16-9-4-3-5-10-16)17(22)13-26-19(24)14-7-6-8-15(20)11-14/h3-11H,2,12-13H2,1H3. The fourth-order valence-corrected chi connectivity index (χ4v) is 2.36. The summed E-state index contributed by atoms with van der Waals surface area (Å²) in [5, 5.41) is 0.388. The van der Waals surface area contributed by atoms with Gasteiger partial charge in [-0.1, -0.05) is 35.9 Å². The molecule has 136 valence electrons. The second-order valence-electron chi connectivity index (χ2n) is 5.21. The summed E-state index contributed by atoms with van der Waals surface area (Å²) in [6.45, 7) is 1.10. The molecule has 0 aliphatic rings. The highest BCUT2D eigenvalue weighted by Crippen LogP contribution is 2.15. The van der Waals surface area contributed by atoms with E-state index in [2.05, 4.69) is 0 Å². The van der Waals surface area contributed by atoms with Gasteiger partial charge in [-0.25, -0.2) is 4.79 Å². The third-order valence-corrected chi connectivity index (χ3v) is 3.58. The topological polar surface area (TPSA) is 72.9 Å². The van der Waals surface area contributed by atoms with Gasteiger partial charge in [-0.3, -0.25) is 14.5 Å². The number of benzene rings is 2. The second-order valence-corrected chi connectivity index (χ2v) is 5.64. The molecule has 1 amide bonds. The fraction of sp³-hybridized carbons (Fsp3) is 0.211. The lowest BCUT2D eigenvalue weighted by molar-refractivity contribution is -0.142. The number of para-hydroxylation sites is 1. The number of anilines is 1. The number of nitrogens with zero attached hydrogens (tertiary/aromatic N) is 1. The fourth-order valence-electron chi connectivity index (χ4n) is 2.17. The first-order valence-corrected chi connectivity index (χ1v) is 8.32. The molecule has 26 heavy (non-hydrogen) atoms. The number of amides is 1. The highest BCUT2D eigenvalue weighted by molar-refractivity contribution is 6.30. The van der Waals surface area contributed by atoms with Crippen molar-refractivity contribution in [3.8, 4) is 0 Å². The van der Waals surface area contributed by atoms with Crippen molar-refractivity contribution >= 4 is 35.1 Å². The van der Waals surface area contributed by atoms with Crippen molar-refractivity contribution in [1.82, 2.24) is 0 Å². The number of esters is 2. The molecule has 2 aromatic carbocycles. The van der Waals surface area contributed by atoms with E-state index in [-0.39, 0.29) is 18.7 Å². The quantitative estimate of drug-likeness (QED) is 0.695. The molecule has 0 aromatic heterocycles. The van der Waals surface area contributed by atoms with Crippen molar-refractivity contribution in [2.75, 3.05) is 24.7 Å². The second kappa shape index (κ2) is 9.58. The molecule has 7 heteroatoms. The molecule has 0 saturated heterocycles. The Morgan fingerprint density at radius 3 is 2.38 bits per heavy atom. The van der Waals surface area contributed by atoms with E-state index in [4.69, 9.17) is 21.1 Å². The highest BCUT2D eigenvalue weighted by atomic mass is 35.5. The summed E-state index contributed by atoms with van der Waals surface area (Å²) in [7, 11) is 0. The Morgan fingerprint density at radius 2 is 1.73 bits per heavy atom. The van der Waals surface area contributed by atoms with E-state index in [0.29, 0.717) is 10.7 Å². The average Bonchev–Trinajstić information content (AvgIpc) is 2.65. The average molecular weight is 376 g/mol. The van der Waals surface area contributed by atoms with Crippen LogP contribution in [-0.2, 0) is 19.1 Å². The van der Waals surface area contributed by atoms with Crippen molar-refractivity contribution in [3.63, 3.8) is 0 Å². The van der Waals surface area contributed by atoms with Gasteiger partial charge in [-0.05, 0) is 37.3 Å². The zero-order valence-electron chi connectivity index (χ0n) is 14.2. The van der Waals surface area contributed by atoms with Gasteiger partial charge in [0.05, 0.1) is 12.2 Å². The van der Waals surface area contributed by atoms with E-state index >= 15 is 0 Å². The molecule has 0 aliphatic carbocycles. The number of carbonyl (C=O) groups excluding carboxylic acids is 3. The lowest BCUT2D eigenvalue weighted by Gasteiger charge is -2.21. The van der Waals surface area contributed by atoms with Gasteiger partial charge in [0.25, 0.3) is 5.91 Å². The largest absolute Gasteiger partial charge is 0.465 e. The molecule has 0 heterocycles. The van der Waals surface area contributed by atoms with Crippen LogP contribution in [0.5, 0.6) is 0 Å². The predicted octanol–water partition coefficient (Wildman–Crippen LogP) is 3.09. The maximum Gasteiger partial charge on any atom is 0.338 e. The molecule has 0 bridgehead atoms. The van der Waals surface area contributed by atoms with Crippen LogP contribution in [-0.4, -0.2) is 37.6 Å².